The monoisotopic (exact) mass is 405 g/mol. The summed E-state index contributed by atoms with van der Waals surface area (Å²) in [4.78, 5) is 29.0. The Hall–Kier alpha value is -2.82. The predicted molar refractivity (Wildman–Crippen MR) is 120 cm³/mol. The third-order valence-electron chi connectivity index (χ3n) is 6.35. The zero-order valence-electron chi connectivity index (χ0n) is 17.8. The molecule has 0 aromatic heterocycles. The first-order valence-corrected chi connectivity index (χ1v) is 11.1. The number of carbonyl (C=O) groups excluding carboxylic acids is 2. The van der Waals surface area contributed by atoms with Crippen molar-refractivity contribution in [3.05, 3.63) is 59.8 Å². The van der Waals surface area contributed by atoms with Crippen molar-refractivity contribution in [1.82, 2.24) is 15.1 Å². The molecule has 2 aliphatic rings. The maximum atomic E-state index is 12.7. The second-order valence-corrected chi connectivity index (χ2v) is 8.42. The van der Waals surface area contributed by atoms with E-state index in [2.05, 4.69) is 35.7 Å². The average molecular weight is 406 g/mol. The SMILES string of the molecule is CN(Cc1cccc2ccccc12)C(=O)CCNC(=O)N1CCCC2CCCC=C21. The van der Waals surface area contributed by atoms with E-state index in [0.717, 1.165) is 24.9 Å². The Labute approximate surface area is 178 Å². The Morgan fingerprint density at radius 3 is 2.80 bits per heavy atom. The number of hydrogen-bond acceptors (Lipinski definition) is 2. The molecular weight excluding hydrogens is 374 g/mol. The van der Waals surface area contributed by atoms with Crippen LogP contribution in [0.3, 0.4) is 0 Å². The summed E-state index contributed by atoms with van der Waals surface area (Å²) >= 11 is 0. The third-order valence-corrected chi connectivity index (χ3v) is 6.35. The molecule has 1 saturated heterocycles. The van der Waals surface area contributed by atoms with Gasteiger partial charge in [-0.15, -0.1) is 0 Å². The Morgan fingerprint density at radius 1 is 1.10 bits per heavy atom. The quantitative estimate of drug-likeness (QED) is 0.785. The number of urea groups is 1. The lowest BCUT2D eigenvalue weighted by molar-refractivity contribution is -0.130. The summed E-state index contributed by atoms with van der Waals surface area (Å²) in [6, 6.07) is 14.4. The van der Waals surface area contributed by atoms with Gasteiger partial charge >= 0.3 is 6.03 Å². The van der Waals surface area contributed by atoms with Crippen LogP contribution in [0, 0.1) is 5.92 Å². The van der Waals surface area contributed by atoms with Gasteiger partial charge in [-0.25, -0.2) is 4.79 Å². The molecule has 0 radical (unpaired) electrons. The van der Waals surface area contributed by atoms with Crippen LogP contribution in [0.5, 0.6) is 0 Å². The number of allylic oxidation sites excluding steroid dienone is 2. The fourth-order valence-electron chi connectivity index (χ4n) is 4.73. The maximum absolute atomic E-state index is 12.7. The normalized spacial score (nSPS) is 18.5. The summed E-state index contributed by atoms with van der Waals surface area (Å²) in [5, 5.41) is 5.32. The molecule has 1 N–H and O–H groups in total. The minimum absolute atomic E-state index is 0.0386. The maximum Gasteiger partial charge on any atom is 0.321 e. The number of nitrogens with zero attached hydrogens (tertiary/aromatic N) is 2. The van der Waals surface area contributed by atoms with Crippen LogP contribution < -0.4 is 5.32 Å². The van der Waals surface area contributed by atoms with Crippen molar-refractivity contribution in [2.45, 2.75) is 45.1 Å². The Kier molecular flexibility index (Phi) is 6.36. The second kappa shape index (κ2) is 9.33. The van der Waals surface area contributed by atoms with E-state index >= 15 is 0 Å². The van der Waals surface area contributed by atoms with Gasteiger partial charge in [0.15, 0.2) is 0 Å². The molecule has 2 aromatic carbocycles. The summed E-state index contributed by atoms with van der Waals surface area (Å²) in [5.41, 5.74) is 2.33. The summed E-state index contributed by atoms with van der Waals surface area (Å²) in [6.07, 6.45) is 8.26. The Morgan fingerprint density at radius 2 is 1.90 bits per heavy atom. The van der Waals surface area contributed by atoms with Crippen molar-refractivity contribution in [2.24, 2.45) is 5.92 Å². The highest BCUT2D eigenvalue weighted by Gasteiger charge is 2.30. The molecule has 0 bridgehead atoms. The Bertz CT molecular complexity index is 947. The van der Waals surface area contributed by atoms with Crippen LogP contribution in [0.2, 0.25) is 0 Å². The molecule has 4 rings (SSSR count). The molecule has 3 amide bonds. The van der Waals surface area contributed by atoms with Crippen LogP contribution in [0.1, 0.15) is 44.1 Å². The van der Waals surface area contributed by atoms with E-state index in [1.807, 2.05) is 30.1 Å². The number of likely N-dealkylation sites (tertiary alicyclic amines) is 1. The van der Waals surface area contributed by atoms with Gasteiger partial charge in [-0.3, -0.25) is 9.69 Å². The van der Waals surface area contributed by atoms with Crippen LogP contribution in [-0.4, -0.2) is 41.9 Å². The highest BCUT2D eigenvalue weighted by Crippen LogP contribution is 2.34. The van der Waals surface area contributed by atoms with Gasteiger partial charge in [0.05, 0.1) is 0 Å². The van der Waals surface area contributed by atoms with Gasteiger partial charge in [-0.2, -0.15) is 0 Å². The van der Waals surface area contributed by atoms with Crippen molar-refractivity contribution >= 4 is 22.7 Å². The predicted octanol–water partition coefficient (Wildman–Crippen LogP) is 4.68. The zero-order valence-corrected chi connectivity index (χ0v) is 17.8. The number of carbonyl (C=O) groups is 2. The molecule has 1 unspecified atom stereocenters. The standard InChI is InChI=1S/C25H31N3O2/c1-27(18-21-11-6-10-19-8-2-4-13-22(19)21)24(29)15-16-26-25(30)28-17-7-12-20-9-3-5-14-23(20)28/h2,4,6,8,10-11,13-14,20H,3,5,7,9,12,15-18H2,1H3,(H,26,30). The van der Waals surface area contributed by atoms with Gasteiger partial charge < -0.3 is 10.2 Å². The molecule has 0 spiro atoms. The molecule has 1 atom stereocenters. The summed E-state index contributed by atoms with van der Waals surface area (Å²) < 4.78 is 0. The molecule has 5 heteroatoms. The molecule has 158 valence electrons. The van der Waals surface area contributed by atoms with E-state index in [9.17, 15) is 9.59 Å². The molecule has 1 heterocycles. The van der Waals surface area contributed by atoms with Gasteiger partial charge in [0.25, 0.3) is 0 Å². The molecule has 1 fully saturated rings. The van der Waals surface area contributed by atoms with E-state index in [-0.39, 0.29) is 11.9 Å². The fraction of sp³-hybridized carbons (Fsp3) is 0.440. The summed E-state index contributed by atoms with van der Waals surface area (Å²) in [7, 11) is 1.83. The van der Waals surface area contributed by atoms with Gasteiger partial charge in [-0.05, 0) is 54.4 Å². The van der Waals surface area contributed by atoms with Gasteiger partial charge in [0.1, 0.15) is 0 Å². The second-order valence-electron chi connectivity index (χ2n) is 8.42. The summed E-state index contributed by atoms with van der Waals surface area (Å²) in [6.45, 7) is 1.71. The van der Waals surface area contributed by atoms with Gasteiger partial charge in [-0.1, -0.05) is 48.5 Å². The first-order chi connectivity index (χ1) is 14.6. The van der Waals surface area contributed by atoms with Crippen LogP contribution in [0.4, 0.5) is 4.79 Å². The largest absolute Gasteiger partial charge is 0.341 e. The van der Waals surface area contributed by atoms with E-state index < -0.39 is 0 Å². The molecule has 0 saturated carbocycles. The topological polar surface area (TPSA) is 52.7 Å². The van der Waals surface area contributed by atoms with Crippen molar-refractivity contribution in [2.75, 3.05) is 20.1 Å². The molecule has 1 aliphatic carbocycles. The van der Waals surface area contributed by atoms with E-state index in [0.29, 0.717) is 25.4 Å². The molecule has 2 aromatic rings. The number of rotatable bonds is 5. The van der Waals surface area contributed by atoms with Crippen molar-refractivity contribution < 1.29 is 9.59 Å². The van der Waals surface area contributed by atoms with E-state index in [1.165, 1.54) is 35.7 Å². The fourth-order valence-corrected chi connectivity index (χ4v) is 4.73. The highest BCUT2D eigenvalue weighted by atomic mass is 16.2. The van der Waals surface area contributed by atoms with Crippen LogP contribution >= 0.6 is 0 Å². The molecular formula is C25H31N3O2. The van der Waals surface area contributed by atoms with Crippen molar-refractivity contribution in [3.8, 4) is 0 Å². The number of piperidine rings is 1. The lowest BCUT2D eigenvalue weighted by Crippen LogP contribution is -2.45. The van der Waals surface area contributed by atoms with Crippen molar-refractivity contribution in [3.63, 3.8) is 0 Å². The van der Waals surface area contributed by atoms with E-state index in [1.54, 1.807) is 4.90 Å². The molecule has 1 aliphatic heterocycles. The first kappa shape index (κ1) is 20.5. The average Bonchev–Trinajstić information content (AvgIpc) is 2.78. The van der Waals surface area contributed by atoms with Crippen LogP contribution in [-0.2, 0) is 11.3 Å². The minimum Gasteiger partial charge on any atom is -0.341 e. The van der Waals surface area contributed by atoms with Crippen LogP contribution in [0.15, 0.2) is 54.2 Å². The zero-order chi connectivity index (χ0) is 20.9. The smallest absolute Gasteiger partial charge is 0.321 e. The van der Waals surface area contributed by atoms with E-state index in [4.69, 9.17) is 0 Å². The lowest BCUT2D eigenvalue weighted by atomic mass is 9.85. The lowest BCUT2D eigenvalue weighted by Gasteiger charge is -2.37. The molecule has 5 nitrogen and oxygen atoms in total. The Balaban J connectivity index is 1.29. The highest BCUT2D eigenvalue weighted by molar-refractivity contribution is 5.86. The van der Waals surface area contributed by atoms with Gasteiger partial charge in [0.2, 0.25) is 5.91 Å². The number of benzene rings is 2. The number of hydrogen-bond donors (Lipinski definition) is 1. The molecule has 30 heavy (non-hydrogen) atoms. The van der Waals surface area contributed by atoms with Crippen molar-refractivity contribution in [1.29, 1.82) is 0 Å². The number of fused-ring (bicyclic) bond motifs is 2. The first-order valence-electron chi connectivity index (χ1n) is 11.1. The third kappa shape index (κ3) is 4.50. The van der Waals surface area contributed by atoms with Gasteiger partial charge in [0, 0.05) is 38.8 Å². The minimum atomic E-state index is -0.0580. The van der Waals surface area contributed by atoms with Crippen LogP contribution in [0.25, 0.3) is 10.8 Å². The number of amides is 3. The number of nitrogens with one attached hydrogen (secondary N) is 1. The summed E-state index contributed by atoms with van der Waals surface area (Å²) in [5.74, 6) is 0.573.